The third-order valence-corrected chi connectivity index (χ3v) is 12.3. The third-order valence-electron chi connectivity index (χ3n) is 11.2. The summed E-state index contributed by atoms with van der Waals surface area (Å²) in [4.78, 5) is 5.40. The number of hydrogen-bond donors (Lipinski definition) is 1. The number of nitrogens with one attached hydrogen (secondary N) is 1. The van der Waals surface area contributed by atoms with E-state index in [0.29, 0.717) is 0 Å². The van der Waals surface area contributed by atoms with Gasteiger partial charge in [0.15, 0.2) is 0 Å². The Hall–Kier alpha value is -6.69. The number of thiophene rings is 1. The fourth-order valence-electron chi connectivity index (χ4n) is 8.86. The maximum atomic E-state index is 5.40. The zero-order chi connectivity index (χ0) is 34.6. The van der Waals surface area contributed by atoms with Crippen LogP contribution in [0.2, 0.25) is 0 Å². The minimum atomic E-state index is -0.0497. The average molecular weight is 695 g/mol. The molecule has 8 aromatic carbocycles. The first kappa shape index (κ1) is 28.9. The molecule has 0 amide bonds. The molecule has 1 aliphatic heterocycles. The zero-order valence-electron chi connectivity index (χ0n) is 28.5. The van der Waals surface area contributed by atoms with Gasteiger partial charge in [-0.1, -0.05) is 121 Å². The summed E-state index contributed by atoms with van der Waals surface area (Å²) < 4.78 is 7.40. The summed E-state index contributed by atoms with van der Waals surface area (Å²) in [6.07, 6.45) is 0. The topological polar surface area (TPSA) is 34.2 Å². The van der Waals surface area contributed by atoms with Crippen LogP contribution < -0.4 is 5.32 Å². The minimum absolute atomic E-state index is 0.0497. The molecule has 3 aromatic heterocycles. The Kier molecular flexibility index (Phi) is 5.96. The predicted molar refractivity (Wildman–Crippen MR) is 225 cm³/mol. The van der Waals surface area contributed by atoms with Gasteiger partial charge in [0.2, 0.25) is 5.96 Å². The normalized spacial score (nSPS) is 14.5. The SMILES string of the molecule is c1ccc(C2NC(n3c4cc5c(cc4c4c6sc7ccc8ccccc8c7c6ccc43)c3ccccc3n5-c3ccccc3)=Nc3ccccc32)cc1. The van der Waals surface area contributed by atoms with Crippen molar-refractivity contribution >= 4 is 97.5 Å². The van der Waals surface area contributed by atoms with Crippen molar-refractivity contribution in [1.82, 2.24) is 14.5 Å². The van der Waals surface area contributed by atoms with E-state index < -0.39 is 0 Å². The first-order chi connectivity index (χ1) is 26.3. The fourth-order valence-corrected chi connectivity index (χ4v) is 10.1. The van der Waals surface area contributed by atoms with Crippen LogP contribution in [0.4, 0.5) is 5.69 Å². The van der Waals surface area contributed by atoms with Crippen molar-refractivity contribution in [3.05, 3.63) is 181 Å². The number of hydrogen-bond acceptors (Lipinski definition) is 3. The first-order valence-corrected chi connectivity index (χ1v) is 18.9. The monoisotopic (exact) mass is 694 g/mol. The quantitative estimate of drug-likeness (QED) is 0.192. The lowest BCUT2D eigenvalue weighted by molar-refractivity contribution is 0.731. The van der Waals surface area contributed by atoms with E-state index in [4.69, 9.17) is 4.99 Å². The van der Waals surface area contributed by atoms with E-state index in [1.54, 1.807) is 0 Å². The van der Waals surface area contributed by atoms with Crippen molar-refractivity contribution in [3.8, 4) is 5.69 Å². The van der Waals surface area contributed by atoms with Crippen LogP contribution >= 0.6 is 11.3 Å². The van der Waals surface area contributed by atoms with Gasteiger partial charge in [-0.15, -0.1) is 11.3 Å². The molecule has 248 valence electrons. The molecule has 11 aromatic rings. The van der Waals surface area contributed by atoms with Crippen LogP contribution in [0.1, 0.15) is 17.2 Å². The molecule has 5 heteroatoms. The molecule has 1 atom stereocenters. The van der Waals surface area contributed by atoms with Gasteiger partial charge < -0.3 is 9.88 Å². The first-order valence-electron chi connectivity index (χ1n) is 18.1. The molecule has 1 unspecified atom stereocenters. The minimum Gasteiger partial charge on any atom is -0.344 e. The molecule has 0 fully saturated rings. The third kappa shape index (κ3) is 4.08. The molecule has 0 saturated carbocycles. The van der Waals surface area contributed by atoms with Crippen LogP contribution in [-0.4, -0.2) is 15.1 Å². The van der Waals surface area contributed by atoms with Crippen LogP contribution in [0.5, 0.6) is 0 Å². The number of benzene rings is 8. The van der Waals surface area contributed by atoms with Crippen LogP contribution in [0.15, 0.2) is 175 Å². The number of fused-ring (bicyclic) bond motifs is 13. The second-order valence-electron chi connectivity index (χ2n) is 14.0. The smallest absolute Gasteiger partial charge is 0.209 e. The van der Waals surface area contributed by atoms with Crippen molar-refractivity contribution in [2.24, 2.45) is 4.99 Å². The van der Waals surface area contributed by atoms with Crippen LogP contribution in [0, 0.1) is 0 Å². The number of nitrogens with zero attached hydrogens (tertiary/aromatic N) is 3. The highest BCUT2D eigenvalue weighted by molar-refractivity contribution is 7.27. The van der Waals surface area contributed by atoms with Gasteiger partial charge in [0.05, 0.1) is 33.8 Å². The summed E-state index contributed by atoms with van der Waals surface area (Å²) in [5, 5.41) is 14.1. The summed E-state index contributed by atoms with van der Waals surface area (Å²) in [6, 6.07) is 61.6. The highest BCUT2D eigenvalue weighted by Crippen LogP contribution is 2.47. The second-order valence-corrected chi connectivity index (χ2v) is 15.0. The summed E-state index contributed by atoms with van der Waals surface area (Å²) in [7, 11) is 0. The Morgan fingerprint density at radius 3 is 2.11 bits per heavy atom. The molecule has 0 aliphatic carbocycles. The number of rotatable bonds is 2. The summed E-state index contributed by atoms with van der Waals surface area (Å²) in [5.74, 6) is 0.824. The largest absolute Gasteiger partial charge is 0.344 e. The number of aliphatic imine (C=N–C) groups is 1. The van der Waals surface area contributed by atoms with Gasteiger partial charge in [0.25, 0.3) is 0 Å². The number of aromatic nitrogens is 2. The molecule has 0 bridgehead atoms. The molecule has 12 rings (SSSR count). The Morgan fingerprint density at radius 1 is 0.491 bits per heavy atom. The van der Waals surface area contributed by atoms with E-state index in [2.05, 4.69) is 184 Å². The Balaban J connectivity index is 1.24. The Labute approximate surface area is 308 Å². The molecule has 1 aliphatic rings. The van der Waals surface area contributed by atoms with Crippen molar-refractivity contribution in [3.63, 3.8) is 0 Å². The van der Waals surface area contributed by atoms with Gasteiger partial charge in [-0.05, 0) is 64.9 Å². The lowest BCUT2D eigenvalue weighted by Crippen LogP contribution is -2.36. The maximum absolute atomic E-state index is 5.40. The molecule has 0 saturated heterocycles. The summed E-state index contributed by atoms with van der Waals surface area (Å²) in [6.45, 7) is 0. The molecule has 1 N–H and O–H groups in total. The maximum Gasteiger partial charge on any atom is 0.209 e. The Bertz CT molecular complexity index is 3310. The van der Waals surface area contributed by atoms with Crippen molar-refractivity contribution < 1.29 is 0 Å². The van der Waals surface area contributed by atoms with E-state index >= 15 is 0 Å². The van der Waals surface area contributed by atoms with E-state index in [9.17, 15) is 0 Å². The van der Waals surface area contributed by atoms with Crippen LogP contribution in [0.25, 0.3) is 80.2 Å². The van der Waals surface area contributed by atoms with Crippen molar-refractivity contribution in [1.29, 1.82) is 0 Å². The summed E-state index contributed by atoms with van der Waals surface area (Å²) in [5.41, 5.74) is 9.14. The second kappa shape index (κ2) is 10.9. The molecule has 53 heavy (non-hydrogen) atoms. The zero-order valence-corrected chi connectivity index (χ0v) is 29.3. The van der Waals surface area contributed by atoms with Gasteiger partial charge in [0.1, 0.15) is 0 Å². The van der Waals surface area contributed by atoms with E-state index in [-0.39, 0.29) is 6.04 Å². The molecule has 0 radical (unpaired) electrons. The number of para-hydroxylation sites is 3. The highest BCUT2D eigenvalue weighted by atomic mass is 32.1. The molecule has 4 heterocycles. The van der Waals surface area contributed by atoms with E-state index in [1.807, 2.05) is 11.3 Å². The Morgan fingerprint density at radius 2 is 1.23 bits per heavy atom. The van der Waals surface area contributed by atoms with Gasteiger partial charge in [-0.25, -0.2) is 4.99 Å². The lowest BCUT2D eigenvalue weighted by atomic mass is 9.96. The lowest BCUT2D eigenvalue weighted by Gasteiger charge is -2.28. The van der Waals surface area contributed by atoms with Gasteiger partial charge in [-0.2, -0.15) is 0 Å². The predicted octanol–water partition coefficient (Wildman–Crippen LogP) is 12.6. The van der Waals surface area contributed by atoms with Crippen LogP contribution in [0.3, 0.4) is 0 Å². The summed E-state index contributed by atoms with van der Waals surface area (Å²) >= 11 is 1.90. The van der Waals surface area contributed by atoms with Gasteiger partial charge >= 0.3 is 0 Å². The van der Waals surface area contributed by atoms with Crippen molar-refractivity contribution in [2.45, 2.75) is 6.04 Å². The van der Waals surface area contributed by atoms with Crippen molar-refractivity contribution in [2.75, 3.05) is 0 Å². The fraction of sp³-hybridized carbons (Fsp3) is 0.0208. The standard InChI is InChI=1S/C48H30N4S/c1-3-14-30(15-4-1)46-34-20-9-11-21-38(34)49-48(50-46)52-40-25-24-35-44-32-18-8-7-13-29(32)23-26-43(44)53-47(35)45(40)37-27-36-33-19-10-12-22-39(33)51(41(36)28-42(37)52)31-16-5-2-6-17-31/h1-28,46H,(H,49,50). The average Bonchev–Trinajstić information content (AvgIpc) is 3.87. The van der Waals surface area contributed by atoms with E-state index in [0.717, 1.165) is 28.4 Å². The molecular weight excluding hydrogens is 665 g/mol. The van der Waals surface area contributed by atoms with Crippen LogP contribution in [-0.2, 0) is 0 Å². The molecular formula is C48H30N4S. The van der Waals surface area contributed by atoms with E-state index in [1.165, 1.54) is 74.6 Å². The molecule has 0 spiro atoms. The van der Waals surface area contributed by atoms with Gasteiger partial charge in [-0.3, -0.25) is 4.57 Å². The van der Waals surface area contributed by atoms with Gasteiger partial charge in [0, 0.05) is 53.0 Å². The molecule has 4 nitrogen and oxygen atoms in total. The highest BCUT2D eigenvalue weighted by Gasteiger charge is 2.28.